The fourth-order valence-electron chi connectivity index (χ4n) is 1.49. The zero-order chi connectivity index (χ0) is 11.0. The van der Waals surface area contributed by atoms with Gasteiger partial charge >= 0.3 is 0 Å². The highest BCUT2D eigenvalue weighted by atomic mass is 35.5. The summed E-state index contributed by atoms with van der Waals surface area (Å²) in [5.74, 6) is 2.33. The Balaban J connectivity index is 0.00000108. The minimum absolute atomic E-state index is 0. The van der Waals surface area contributed by atoms with Crippen molar-refractivity contribution >= 4 is 12.4 Å². The third-order valence-electron chi connectivity index (χ3n) is 2.27. The number of fused-ring (bicyclic) bond motifs is 1. The van der Waals surface area contributed by atoms with Crippen molar-refractivity contribution in [2.75, 3.05) is 6.79 Å². The van der Waals surface area contributed by atoms with E-state index in [4.69, 9.17) is 19.7 Å². The number of aromatic nitrogens is 2. The molecule has 2 heterocycles. The molecule has 2 aromatic rings. The minimum Gasteiger partial charge on any atom is -0.454 e. The van der Waals surface area contributed by atoms with Crippen LogP contribution < -0.4 is 15.2 Å². The lowest BCUT2D eigenvalue weighted by Crippen LogP contribution is -1.95. The van der Waals surface area contributed by atoms with Crippen LogP contribution in [0.25, 0.3) is 11.4 Å². The van der Waals surface area contributed by atoms with Crippen molar-refractivity contribution in [1.29, 1.82) is 0 Å². The Morgan fingerprint density at radius 3 is 2.82 bits per heavy atom. The molecule has 1 aliphatic rings. The van der Waals surface area contributed by atoms with E-state index >= 15 is 0 Å². The van der Waals surface area contributed by atoms with Gasteiger partial charge in [-0.3, -0.25) is 0 Å². The van der Waals surface area contributed by atoms with E-state index in [0.717, 1.165) is 11.3 Å². The minimum atomic E-state index is 0. The fourth-order valence-corrected chi connectivity index (χ4v) is 1.49. The second-order valence-corrected chi connectivity index (χ2v) is 3.28. The Hall–Kier alpha value is -1.79. The Morgan fingerprint density at radius 2 is 2.06 bits per heavy atom. The van der Waals surface area contributed by atoms with E-state index in [1.54, 1.807) is 0 Å². The summed E-state index contributed by atoms with van der Waals surface area (Å²) < 4.78 is 15.4. The van der Waals surface area contributed by atoms with Gasteiger partial charge in [-0.05, 0) is 18.2 Å². The summed E-state index contributed by atoms with van der Waals surface area (Å²) in [4.78, 5) is 4.13. The van der Waals surface area contributed by atoms with Crippen LogP contribution in [0.2, 0.25) is 0 Å². The molecule has 17 heavy (non-hydrogen) atoms. The first-order valence-corrected chi connectivity index (χ1v) is 4.79. The maximum absolute atomic E-state index is 5.39. The Bertz CT molecular complexity index is 529. The van der Waals surface area contributed by atoms with E-state index in [9.17, 15) is 0 Å². The molecule has 0 bridgehead atoms. The summed E-state index contributed by atoms with van der Waals surface area (Å²) in [5.41, 5.74) is 6.20. The predicted molar refractivity (Wildman–Crippen MR) is 61.0 cm³/mol. The first-order valence-electron chi connectivity index (χ1n) is 4.79. The monoisotopic (exact) mass is 255 g/mol. The molecule has 1 aromatic heterocycles. The molecule has 0 fully saturated rings. The molecule has 0 spiro atoms. The molecule has 0 radical (unpaired) electrons. The first-order chi connectivity index (χ1) is 7.86. The van der Waals surface area contributed by atoms with Gasteiger partial charge in [0.15, 0.2) is 11.5 Å². The largest absolute Gasteiger partial charge is 0.454 e. The topological polar surface area (TPSA) is 83.4 Å². The zero-order valence-electron chi connectivity index (χ0n) is 8.75. The molecule has 0 aliphatic carbocycles. The molecule has 2 N–H and O–H groups in total. The molecule has 0 unspecified atom stereocenters. The fraction of sp³-hybridized carbons (Fsp3) is 0.200. The van der Waals surface area contributed by atoms with Crippen LogP contribution in [0.15, 0.2) is 22.7 Å². The summed E-state index contributed by atoms with van der Waals surface area (Å²) in [6.07, 6.45) is 0. The molecule has 0 saturated heterocycles. The van der Waals surface area contributed by atoms with Gasteiger partial charge in [0.2, 0.25) is 18.5 Å². The molecule has 0 amide bonds. The third-order valence-corrected chi connectivity index (χ3v) is 2.27. The molecule has 0 saturated carbocycles. The van der Waals surface area contributed by atoms with Gasteiger partial charge in [0.1, 0.15) is 0 Å². The van der Waals surface area contributed by atoms with Gasteiger partial charge in [0, 0.05) is 5.56 Å². The number of hydrogen-bond donors (Lipinski definition) is 1. The summed E-state index contributed by atoms with van der Waals surface area (Å²) in [7, 11) is 0. The maximum Gasteiger partial charge on any atom is 0.240 e. The summed E-state index contributed by atoms with van der Waals surface area (Å²) in [6, 6.07) is 5.47. The molecular weight excluding hydrogens is 246 g/mol. The summed E-state index contributed by atoms with van der Waals surface area (Å²) in [5, 5.41) is 3.82. The number of nitrogens with two attached hydrogens (primary N) is 1. The van der Waals surface area contributed by atoms with Gasteiger partial charge in [0.25, 0.3) is 0 Å². The van der Waals surface area contributed by atoms with Crippen molar-refractivity contribution < 1.29 is 14.0 Å². The first kappa shape index (κ1) is 11.7. The van der Waals surface area contributed by atoms with Crippen LogP contribution in [0, 0.1) is 0 Å². The van der Waals surface area contributed by atoms with E-state index in [1.807, 2.05) is 18.2 Å². The second kappa shape index (κ2) is 4.60. The van der Waals surface area contributed by atoms with Crippen LogP contribution >= 0.6 is 12.4 Å². The lowest BCUT2D eigenvalue weighted by Gasteiger charge is -1.97. The Kier molecular flexibility index (Phi) is 3.16. The van der Waals surface area contributed by atoms with Crippen LogP contribution in [0.4, 0.5) is 0 Å². The highest BCUT2D eigenvalue weighted by molar-refractivity contribution is 5.85. The van der Waals surface area contributed by atoms with E-state index in [2.05, 4.69) is 10.1 Å². The van der Waals surface area contributed by atoms with Crippen molar-refractivity contribution in [2.45, 2.75) is 6.54 Å². The van der Waals surface area contributed by atoms with Crippen molar-refractivity contribution in [1.82, 2.24) is 10.1 Å². The number of rotatable bonds is 2. The lowest BCUT2D eigenvalue weighted by molar-refractivity contribution is 0.174. The number of ether oxygens (including phenoxy) is 2. The number of halogens is 1. The predicted octanol–water partition coefficient (Wildman–Crippen LogP) is 1.35. The van der Waals surface area contributed by atoms with E-state index in [0.29, 0.717) is 17.5 Å². The van der Waals surface area contributed by atoms with Crippen molar-refractivity contribution in [2.24, 2.45) is 5.73 Å². The van der Waals surface area contributed by atoms with E-state index < -0.39 is 0 Å². The number of nitrogens with zero attached hydrogens (tertiary/aromatic N) is 2. The third kappa shape index (κ3) is 2.04. The highest BCUT2D eigenvalue weighted by Gasteiger charge is 2.16. The van der Waals surface area contributed by atoms with Crippen LogP contribution in [-0.4, -0.2) is 16.9 Å². The van der Waals surface area contributed by atoms with Gasteiger partial charge in [-0.1, -0.05) is 5.16 Å². The van der Waals surface area contributed by atoms with Crippen molar-refractivity contribution in [3.63, 3.8) is 0 Å². The molecule has 1 aromatic carbocycles. The lowest BCUT2D eigenvalue weighted by atomic mass is 10.2. The molecule has 0 atom stereocenters. The van der Waals surface area contributed by atoms with E-state index in [-0.39, 0.29) is 25.7 Å². The van der Waals surface area contributed by atoms with E-state index in [1.165, 1.54) is 0 Å². The molecule has 3 rings (SSSR count). The number of benzene rings is 1. The van der Waals surface area contributed by atoms with Crippen LogP contribution in [0.5, 0.6) is 11.5 Å². The highest BCUT2D eigenvalue weighted by Crippen LogP contribution is 2.34. The van der Waals surface area contributed by atoms with Crippen molar-refractivity contribution in [3.05, 3.63) is 24.1 Å². The average Bonchev–Trinajstić information content (AvgIpc) is 2.96. The number of hydrogen-bond acceptors (Lipinski definition) is 6. The average molecular weight is 256 g/mol. The molecular formula is C10H10ClN3O3. The van der Waals surface area contributed by atoms with Crippen molar-refractivity contribution in [3.8, 4) is 22.9 Å². The summed E-state index contributed by atoms with van der Waals surface area (Å²) in [6.45, 7) is 0.483. The van der Waals surface area contributed by atoms with Gasteiger partial charge in [-0.25, -0.2) is 0 Å². The second-order valence-electron chi connectivity index (χ2n) is 3.28. The van der Waals surface area contributed by atoms with Crippen LogP contribution in [0.1, 0.15) is 5.89 Å². The SMILES string of the molecule is Cl.NCc1nc(-c2ccc3c(c2)OCO3)no1. The smallest absolute Gasteiger partial charge is 0.240 e. The Labute approximate surface area is 103 Å². The molecule has 7 heteroatoms. The molecule has 1 aliphatic heterocycles. The standard InChI is InChI=1S/C10H9N3O3.ClH/c11-4-9-12-10(13-16-9)6-1-2-7-8(3-6)15-5-14-7;/h1-3H,4-5,11H2;1H. The normalized spacial score (nSPS) is 12.3. The Morgan fingerprint density at radius 1 is 1.24 bits per heavy atom. The van der Waals surface area contributed by atoms with Crippen LogP contribution in [0.3, 0.4) is 0 Å². The quantitative estimate of drug-likeness (QED) is 0.872. The van der Waals surface area contributed by atoms with Gasteiger partial charge in [-0.2, -0.15) is 4.98 Å². The summed E-state index contributed by atoms with van der Waals surface area (Å²) >= 11 is 0. The molecule has 6 nitrogen and oxygen atoms in total. The van der Waals surface area contributed by atoms with Gasteiger partial charge in [-0.15, -0.1) is 12.4 Å². The van der Waals surface area contributed by atoms with Crippen LogP contribution in [-0.2, 0) is 6.54 Å². The van der Waals surface area contributed by atoms with Gasteiger partial charge in [0.05, 0.1) is 6.54 Å². The zero-order valence-corrected chi connectivity index (χ0v) is 9.57. The maximum atomic E-state index is 5.39. The molecule has 90 valence electrons. The van der Waals surface area contributed by atoms with Gasteiger partial charge < -0.3 is 19.7 Å².